The number of hydrogen-bond acceptors (Lipinski definition) is 3. The molecule has 0 N–H and O–H groups in total. The molecule has 25 heavy (non-hydrogen) atoms. The number of anilines is 1. The van der Waals surface area contributed by atoms with E-state index in [1.54, 1.807) is 25.1 Å². The summed E-state index contributed by atoms with van der Waals surface area (Å²) in [6.07, 6.45) is -0.0306. The van der Waals surface area contributed by atoms with Crippen LogP contribution in [0.2, 0.25) is 0 Å². The number of ether oxygens (including phenoxy) is 1. The molecule has 4 nitrogen and oxygen atoms in total. The standard InChI is InChI=1S/C19H19F2NO3/c1-4-22(15-6-7-16(20)17(21)11-15)19(24)10-14-9-13(12(2)23)5-8-18(14)25-3/h5-9,11H,4,10H2,1-3H3. The van der Waals surface area contributed by atoms with Crippen molar-refractivity contribution in [1.29, 1.82) is 0 Å². The average Bonchev–Trinajstić information content (AvgIpc) is 2.58. The summed E-state index contributed by atoms with van der Waals surface area (Å²) in [5.74, 6) is -1.93. The van der Waals surface area contributed by atoms with Gasteiger partial charge in [0.1, 0.15) is 5.75 Å². The van der Waals surface area contributed by atoms with Crippen molar-refractivity contribution in [2.45, 2.75) is 20.3 Å². The normalized spacial score (nSPS) is 10.4. The Morgan fingerprint density at radius 3 is 2.36 bits per heavy atom. The third kappa shape index (κ3) is 4.21. The van der Waals surface area contributed by atoms with E-state index in [-0.39, 0.29) is 23.8 Å². The summed E-state index contributed by atoms with van der Waals surface area (Å²) >= 11 is 0. The topological polar surface area (TPSA) is 46.6 Å². The molecule has 2 rings (SSSR count). The third-order valence-electron chi connectivity index (χ3n) is 3.86. The number of methoxy groups -OCH3 is 1. The second-order valence-electron chi connectivity index (χ2n) is 5.50. The Hall–Kier alpha value is -2.76. The van der Waals surface area contributed by atoms with E-state index in [0.29, 0.717) is 23.4 Å². The van der Waals surface area contributed by atoms with Gasteiger partial charge in [-0.25, -0.2) is 8.78 Å². The highest BCUT2D eigenvalue weighted by atomic mass is 19.2. The Bertz CT molecular complexity index is 805. The number of carbonyl (C=O) groups is 2. The van der Waals surface area contributed by atoms with E-state index in [0.717, 1.165) is 12.1 Å². The molecule has 0 saturated carbocycles. The first kappa shape index (κ1) is 18.6. The zero-order valence-corrected chi connectivity index (χ0v) is 14.3. The molecule has 0 aliphatic heterocycles. The number of carbonyl (C=O) groups excluding carboxylic acids is 2. The molecule has 0 aliphatic rings. The Balaban J connectivity index is 2.31. The first-order valence-electron chi connectivity index (χ1n) is 7.80. The number of amides is 1. The van der Waals surface area contributed by atoms with Crippen LogP contribution in [-0.4, -0.2) is 25.3 Å². The molecule has 2 aromatic rings. The van der Waals surface area contributed by atoms with Gasteiger partial charge in [-0.05, 0) is 44.2 Å². The minimum absolute atomic E-state index is 0.0306. The molecule has 0 heterocycles. The summed E-state index contributed by atoms with van der Waals surface area (Å²) in [7, 11) is 1.48. The van der Waals surface area contributed by atoms with Crippen LogP contribution in [0.1, 0.15) is 29.8 Å². The number of ketones is 1. The maximum atomic E-state index is 13.5. The van der Waals surface area contributed by atoms with Gasteiger partial charge < -0.3 is 9.64 Å². The number of Topliss-reactive ketones (excluding diaryl/α,β-unsaturated/α-hetero) is 1. The molecule has 0 unspecified atom stereocenters. The summed E-state index contributed by atoms with van der Waals surface area (Å²) in [5, 5.41) is 0. The monoisotopic (exact) mass is 347 g/mol. The van der Waals surface area contributed by atoms with E-state index in [2.05, 4.69) is 0 Å². The zero-order chi connectivity index (χ0) is 18.6. The predicted molar refractivity (Wildman–Crippen MR) is 91.1 cm³/mol. The fourth-order valence-electron chi connectivity index (χ4n) is 2.55. The summed E-state index contributed by atoms with van der Waals surface area (Å²) < 4.78 is 31.8. The summed E-state index contributed by atoms with van der Waals surface area (Å²) in [6, 6.07) is 8.19. The predicted octanol–water partition coefficient (Wildman–Crippen LogP) is 3.77. The molecular formula is C19H19F2NO3. The van der Waals surface area contributed by atoms with Crippen LogP contribution in [0.25, 0.3) is 0 Å². The molecule has 0 aliphatic carbocycles. The van der Waals surface area contributed by atoms with Gasteiger partial charge >= 0.3 is 0 Å². The maximum Gasteiger partial charge on any atom is 0.231 e. The van der Waals surface area contributed by atoms with Gasteiger partial charge in [0.05, 0.1) is 13.5 Å². The minimum atomic E-state index is -1.01. The van der Waals surface area contributed by atoms with E-state index in [1.165, 1.54) is 25.0 Å². The molecule has 0 fully saturated rings. The molecule has 0 atom stereocenters. The Kier molecular flexibility index (Phi) is 5.85. The number of hydrogen-bond donors (Lipinski definition) is 0. The molecule has 0 bridgehead atoms. The summed E-state index contributed by atoms with van der Waals surface area (Å²) in [6.45, 7) is 3.47. The lowest BCUT2D eigenvalue weighted by Crippen LogP contribution is -2.32. The molecule has 0 saturated heterocycles. The molecule has 1 amide bonds. The van der Waals surface area contributed by atoms with Crippen LogP contribution >= 0.6 is 0 Å². The highest BCUT2D eigenvalue weighted by Crippen LogP contribution is 2.24. The highest BCUT2D eigenvalue weighted by molar-refractivity contribution is 5.97. The average molecular weight is 347 g/mol. The molecule has 0 aromatic heterocycles. The second-order valence-corrected chi connectivity index (χ2v) is 5.50. The number of rotatable bonds is 6. The van der Waals surface area contributed by atoms with Gasteiger partial charge in [-0.15, -0.1) is 0 Å². The van der Waals surface area contributed by atoms with Crippen molar-refractivity contribution in [3.05, 3.63) is 59.2 Å². The minimum Gasteiger partial charge on any atom is -0.496 e. The van der Waals surface area contributed by atoms with Crippen molar-refractivity contribution in [1.82, 2.24) is 0 Å². The third-order valence-corrected chi connectivity index (χ3v) is 3.86. The highest BCUT2D eigenvalue weighted by Gasteiger charge is 2.18. The van der Waals surface area contributed by atoms with Crippen molar-refractivity contribution in [2.75, 3.05) is 18.6 Å². The van der Waals surface area contributed by atoms with Crippen molar-refractivity contribution in [3.8, 4) is 5.75 Å². The fraction of sp³-hybridized carbons (Fsp3) is 0.263. The molecule has 2 aromatic carbocycles. The van der Waals surface area contributed by atoms with Crippen LogP contribution < -0.4 is 9.64 Å². The van der Waals surface area contributed by atoms with Crippen LogP contribution in [0.4, 0.5) is 14.5 Å². The number of likely N-dealkylation sites (N-methyl/N-ethyl adjacent to an activating group) is 1. The van der Waals surface area contributed by atoms with Gasteiger partial charge in [0.2, 0.25) is 5.91 Å². The van der Waals surface area contributed by atoms with E-state index >= 15 is 0 Å². The second kappa shape index (κ2) is 7.88. The Morgan fingerprint density at radius 1 is 1.08 bits per heavy atom. The smallest absolute Gasteiger partial charge is 0.231 e. The van der Waals surface area contributed by atoms with Crippen molar-refractivity contribution in [3.63, 3.8) is 0 Å². The fourth-order valence-corrected chi connectivity index (χ4v) is 2.55. The van der Waals surface area contributed by atoms with Gasteiger partial charge in [0.15, 0.2) is 17.4 Å². The molecule has 6 heteroatoms. The number of benzene rings is 2. The van der Waals surface area contributed by atoms with E-state index in [1.807, 2.05) is 0 Å². The van der Waals surface area contributed by atoms with E-state index in [9.17, 15) is 18.4 Å². The van der Waals surface area contributed by atoms with Crippen LogP contribution in [-0.2, 0) is 11.2 Å². The first-order valence-corrected chi connectivity index (χ1v) is 7.80. The number of nitrogens with zero attached hydrogens (tertiary/aromatic N) is 1. The molecular weight excluding hydrogens is 328 g/mol. The van der Waals surface area contributed by atoms with Gasteiger partial charge in [-0.1, -0.05) is 0 Å². The van der Waals surface area contributed by atoms with Crippen LogP contribution in [0, 0.1) is 11.6 Å². The first-order chi connectivity index (χ1) is 11.9. The Labute approximate surface area is 145 Å². The van der Waals surface area contributed by atoms with Gasteiger partial charge in [0.25, 0.3) is 0 Å². The van der Waals surface area contributed by atoms with E-state index in [4.69, 9.17) is 4.74 Å². The van der Waals surface area contributed by atoms with Crippen molar-refractivity contribution < 1.29 is 23.1 Å². The van der Waals surface area contributed by atoms with Crippen LogP contribution in [0.5, 0.6) is 5.75 Å². The largest absolute Gasteiger partial charge is 0.496 e. The lowest BCUT2D eigenvalue weighted by Gasteiger charge is -2.22. The summed E-state index contributed by atoms with van der Waals surface area (Å²) in [5.41, 5.74) is 1.30. The van der Waals surface area contributed by atoms with Crippen molar-refractivity contribution in [2.24, 2.45) is 0 Å². The Morgan fingerprint density at radius 2 is 1.80 bits per heavy atom. The lowest BCUT2D eigenvalue weighted by atomic mass is 10.0. The van der Waals surface area contributed by atoms with Crippen molar-refractivity contribution >= 4 is 17.4 Å². The SMILES string of the molecule is CCN(C(=O)Cc1cc(C(C)=O)ccc1OC)c1ccc(F)c(F)c1. The summed E-state index contributed by atoms with van der Waals surface area (Å²) in [4.78, 5) is 25.6. The molecule has 132 valence electrons. The van der Waals surface area contributed by atoms with Crippen LogP contribution in [0.3, 0.4) is 0 Å². The van der Waals surface area contributed by atoms with Crippen LogP contribution in [0.15, 0.2) is 36.4 Å². The van der Waals surface area contributed by atoms with Gasteiger partial charge in [-0.2, -0.15) is 0 Å². The van der Waals surface area contributed by atoms with E-state index < -0.39 is 11.6 Å². The number of halogens is 2. The zero-order valence-electron chi connectivity index (χ0n) is 14.3. The molecule has 0 spiro atoms. The quantitative estimate of drug-likeness (QED) is 0.747. The molecule has 0 radical (unpaired) electrons. The maximum absolute atomic E-state index is 13.5. The van der Waals surface area contributed by atoms with Gasteiger partial charge in [-0.3, -0.25) is 9.59 Å². The van der Waals surface area contributed by atoms with Gasteiger partial charge in [0, 0.05) is 29.4 Å². The lowest BCUT2D eigenvalue weighted by molar-refractivity contribution is -0.118.